The maximum Gasteiger partial charge on any atom is 0.407 e. The number of ketones is 1. The highest BCUT2D eigenvalue weighted by molar-refractivity contribution is 6.02. The summed E-state index contributed by atoms with van der Waals surface area (Å²) in [6, 6.07) is 9.92. The molecule has 3 rings (SSSR count). The zero-order valence-corrected chi connectivity index (χ0v) is 19.6. The number of carbonyl (C=O) groups is 2. The molecule has 2 aromatic rings. The minimum Gasteiger partial charge on any atom is -0.444 e. The largest absolute Gasteiger partial charge is 0.444 e. The number of ether oxygens (including phenoxy) is 2. The van der Waals surface area contributed by atoms with Gasteiger partial charge in [0.05, 0.1) is 18.9 Å². The lowest BCUT2D eigenvalue weighted by atomic mass is 9.86. The molecule has 0 radical (unpaired) electrons. The summed E-state index contributed by atoms with van der Waals surface area (Å²) in [6.45, 7) is 11.3. The number of aromatic amines is 1. The summed E-state index contributed by atoms with van der Waals surface area (Å²) in [6.07, 6.45) is 2.44. The fourth-order valence-electron chi connectivity index (χ4n) is 3.96. The number of carbonyl (C=O) groups excluding carboxylic acids is 2. The molecule has 7 nitrogen and oxygen atoms in total. The van der Waals surface area contributed by atoms with E-state index in [4.69, 9.17) is 9.47 Å². The number of hydrogen-bond donors (Lipinski definition) is 2. The maximum absolute atomic E-state index is 13.2. The van der Waals surface area contributed by atoms with Crippen molar-refractivity contribution in [2.45, 2.75) is 39.7 Å². The van der Waals surface area contributed by atoms with E-state index in [1.165, 1.54) is 0 Å². The van der Waals surface area contributed by atoms with Gasteiger partial charge in [0.2, 0.25) is 0 Å². The molecule has 32 heavy (non-hydrogen) atoms. The standard InChI is InChI=1S/C25H35N3O4/c1-5-18-17-28(13-15-31-14-11-26-24(30)32-25(2,3)4)12-10-20(18)23(29)22-16-19-8-6-7-9-21(19)27-22/h5-9,16,20,27H,10-15,17H2,1-4H3,(H,26,30)/b18-5-. The number of para-hydroxylation sites is 1. The second-order valence-corrected chi connectivity index (χ2v) is 9.16. The Balaban J connectivity index is 1.41. The van der Waals surface area contributed by atoms with Gasteiger partial charge in [-0.25, -0.2) is 4.79 Å². The van der Waals surface area contributed by atoms with E-state index in [2.05, 4.69) is 21.3 Å². The van der Waals surface area contributed by atoms with Crippen LogP contribution >= 0.6 is 0 Å². The molecule has 7 heteroatoms. The third-order valence-corrected chi connectivity index (χ3v) is 5.54. The van der Waals surface area contributed by atoms with Crippen LogP contribution in [0.3, 0.4) is 0 Å². The average Bonchev–Trinajstić information content (AvgIpc) is 3.18. The van der Waals surface area contributed by atoms with Gasteiger partial charge in [0.15, 0.2) is 5.78 Å². The first-order chi connectivity index (χ1) is 15.3. The lowest BCUT2D eigenvalue weighted by Gasteiger charge is -2.33. The Hall–Kier alpha value is -2.64. The van der Waals surface area contributed by atoms with Crippen molar-refractivity contribution in [3.8, 4) is 0 Å². The van der Waals surface area contributed by atoms with Crippen molar-refractivity contribution in [3.63, 3.8) is 0 Å². The van der Waals surface area contributed by atoms with Crippen LogP contribution in [-0.2, 0) is 9.47 Å². The predicted octanol–water partition coefficient (Wildman–Crippen LogP) is 4.16. The Morgan fingerprint density at radius 2 is 2.03 bits per heavy atom. The van der Waals surface area contributed by atoms with E-state index in [1.54, 1.807) is 0 Å². The molecule has 1 fully saturated rings. The number of Topliss-reactive ketones (excluding diaryl/α,β-unsaturated/α-hetero) is 1. The van der Waals surface area contributed by atoms with Gasteiger partial charge in [0, 0.05) is 36.5 Å². The number of fused-ring (bicyclic) bond motifs is 1. The van der Waals surface area contributed by atoms with Crippen LogP contribution in [0, 0.1) is 5.92 Å². The molecular formula is C25H35N3O4. The number of nitrogens with one attached hydrogen (secondary N) is 2. The Bertz CT molecular complexity index is 924. The number of benzene rings is 1. The summed E-state index contributed by atoms with van der Waals surface area (Å²) in [4.78, 5) is 30.4. The monoisotopic (exact) mass is 441 g/mol. The molecule has 0 aliphatic carbocycles. The van der Waals surface area contributed by atoms with E-state index in [-0.39, 0.29) is 11.7 Å². The molecule has 0 bridgehead atoms. The van der Waals surface area contributed by atoms with E-state index < -0.39 is 11.7 Å². The van der Waals surface area contributed by atoms with Crippen molar-refractivity contribution >= 4 is 22.8 Å². The third-order valence-electron chi connectivity index (χ3n) is 5.54. The van der Waals surface area contributed by atoms with Crippen LogP contribution in [0.15, 0.2) is 42.0 Å². The number of piperidine rings is 1. The summed E-state index contributed by atoms with van der Waals surface area (Å²) in [7, 11) is 0. The first kappa shape index (κ1) is 24.0. The Labute approximate surface area is 190 Å². The smallest absolute Gasteiger partial charge is 0.407 e. The number of rotatable bonds is 8. The average molecular weight is 442 g/mol. The molecule has 2 heterocycles. The molecule has 1 aliphatic heterocycles. The highest BCUT2D eigenvalue weighted by Crippen LogP contribution is 2.27. The highest BCUT2D eigenvalue weighted by Gasteiger charge is 2.30. The van der Waals surface area contributed by atoms with Gasteiger partial charge in [-0.1, -0.05) is 24.3 Å². The van der Waals surface area contributed by atoms with Gasteiger partial charge < -0.3 is 19.8 Å². The van der Waals surface area contributed by atoms with E-state index in [9.17, 15) is 9.59 Å². The molecule has 174 valence electrons. The van der Waals surface area contributed by atoms with Crippen LogP contribution in [0.2, 0.25) is 0 Å². The second kappa shape index (κ2) is 10.8. The van der Waals surface area contributed by atoms with Crippen molar-refractivity contribution in [1.29, 1.82) is 0 Å². The third kappa shape index (κ3) is 6.68. The van der Waals surface area contributed by atoms with Crippen molar-refractivity contribution in [3.05, 3.63) is 47.7 Å². The van der Waals surface area contributed by atoms with Gasteiger partial charge in [-0.05, 0) is 58.4 Å². The number of H-pyrrole nitrogens is 1. The topological polar surface area (TPSA) is 83.7 Å². The lowest BCUT2D eigenvalue weighted by molar-refractivity contribution is 0.0487. The van der Waals surface area contributed by atoms with E-state index in [0.717, 1.165) is 42.5 Å². The molecule has 0 spiro atoms. The van der Waals surface area contributed by atoms with Crippen molar-refractivity contribution in [1.82, 2.24) is 15.2 Å². The van der Waals surface area contributed by atoms with Crippen molar-refractivity contribution in [2.75, 3.05) is 39.4 Å². The summed E-state index contributed by atoms with van der Waals surface area (Å²) in [5, 5.41) is 3.75. The van der Waals surface area contributed by atoms with E-state index in [0.29, 0.717) is 25.5 Å². The van der Waals surface area contributed by atoms with Crippen LogP contribution in [0.5, 0.6) is 0 Å². The number of alkyl carbamates (subject to hydrolysis) is 1. The summed E-state index contributed by atoms with van der Waals surface area (Å²) < 4.78 is 10.9. The quantitative estimate of drug-likeness (QED) is 0.365. The van der Waals surface area contributed by atoms with Crippen LogP contribution < -0.4 is 5.32 Å². The zero-order valence-electron chi connectivity index (χ0n) is 19.6. The molecule has 2 N–H and O–H groups in total. The van der Waals surface area contributed by atoms with Crippen LogP contribution in [0.4, 0.5) is 4.79 Å². The van der Waals surface area contributed by atoms with Gasteiger partial charge in [-0.15, -0.1) is 0 Å². The lowest BCUT2D eigenvalue weighted by Crippen LogP contribution is -2.40. The van der Waals surface area contributed by atoms with Gasteiger partial charge in [0.1, 0.15) is 5.60 Å². The van der Waals surface area contributed by atoms with Crippen LogP contribution in [-0.4, -0.2) is 66.8 Å². The SMILES string of the molecule is C/C=C1/CN(CCOCCNC(=O)OC(C)(C)C)CCC1C(=O)c1cc2ccccc2[nH]1. The number of amides is 1. The Morgan fingerprint density at radius 1 is 1.25 bits per heavy atom. The van der Waals surface area contributed by atoms with Crippen molar-refractivity contribution in [2.24, 2.45) is 5.92 Å². The number of hydrogen-bond acceptors (Lipinski definition) is 5. The molecular weight excluding hydrogens is 406 g/mol. The van der Waals surface area contributed by atoms with Gasteiger partial charge >= 0.3 is 6.09 Å². The predicted molar refractivity (Wildman–Crippen MR) is 126 cm³/mol. The van der Waals surface area contributed by atoms with E-state index >= 15 is 0 Å². The molecule has 1 aromatic heterocycles. The number of likely N-dealkylation sites (tertiary alicyclic amines) is 1. The molecule has 0 saturated carbocycles. The molecule has 1 aliphatic rings. The fraction of sp³-hybridized carbons (Fsp3) is 0.520. The summed E-state index contributed by atoms with van der Waals surface area (Å²) in [5.74, 6) is 0.0849. The molecule has 1 amide bonds. The summed E-state index contributed by atoms with van der Waals surface area (Å²) in [5.41, 5.74) is 2.34. The maximum atomic E-state index is 13.2. The van der Waals surface area contributed by atoms with Gasteiger partial charge in [-0.2, -0.15) is 0 Å². The first-order valence-electron chi connectivity index (χ1n) is 11.3. The van der Waals surface area contributed by atoms with E-state index in [1.807, 2.05) is 58.0 Å². The molecule has 1 aromatic carbocycles. The number of nitrogens with zero attached hydrogens (tertiary/aromatic N) is 1. The molecule has 1 unspecified atom stereocenters. The number of aromatic nitrogens is 1. The van der Waals surface area contributed by atoms with Gasteiger partial charge in [0.25, 0.3) is 0 Å². The minimum absolute atomic E-state index is 0.0803. The highest BCUT2D eigenvalue weighted by atomic mass is 16.6. The second-order valence-electron chi connectivity index (χ2n) is 9.16. The molecule has 1 saturated heterocycles. The van der Waals surface area contributed by atoms with Gasteiger partial charge in [-0.3, -0.25) is 9.69 Å². The zero-order chi connectivity index (χ0) is 23.1. The Kier molecular flexibility index (Phi) is 8.10. The summed E-state index contributed by atoms with van der Waals surface area (Å²) >= 11 is 0. The van der Waals surface area contributed by atoms with Crippen molar-refractivity contribution < 1.29 is 19.1 Å². The first-order valence-corrected chi connectivity index (χ1v) is 11.3. The minimum atomic E-state index is -0.503. The number of allylic oxidation sites excluding steroid dienone is 1. The molecule has 1 atom stereocenters. The fourth-order valence-corrected chi connectivity index (χ4v) is 3.96. The van der Waals surface area contributed by atoms with Crippen LogP contribution in [0.25, 0.3) is 10.9 Å². The van der Waals surface area contributed by atoms with Crippen LogP contribution in [0.1, 0.15) is 44.6 Å². The normalized spacial score (nSPS) is 18.8. The Morgan fingerprint density at radius 3 is 2.75 bits per heavy atom.